The van der Waals surface area contributed by atoms with Crippen LogP contribution in [-0.2, 0) is 0 Å². The highest BCUT2D eigenvalue weighted by Crippen LogP contribution is 2.32. The van der Waals surface area contributed by atoms with Crippen molar-refractivity contribution in [2.45, 2.75) is 6.92 Å². The molecule has 0 spiro atoms. The van der Waals surface area contributed by atoms with E-state index in [0.29, 0.717) is 27.2 Å². The monoisotopic (exact) mass is 236 g/mol. The predicted octanol–water partition coefficient (Wildman–Crippen LogP) is 2.71. The van der Waals surface area contributed by atoms with E-state index in [1.54, 1.807) is 25.1 Å². The number of fused-ring (bicyclic) bond motifs is 1. The molecule has 0 unspecified atom stereocenters. The molecule has 2 rings (SSSR count). The summed E-state index contributed by atoms with van der Waals surface area (Å²) >= 11 is 6.03. The number of aryl methyl sites for hydroxylation is 1. The zero-order valence-electron chi connectivity index (χ0n) is 8.48. The second kappa shape index (κ2) is 3.98. The fourth-order valence-electron chi connectivity index (χ4n) is 1.50. The van der Waals surface area contributed by atoms with Crippen LogP contribution in [0, 0.1) is 6.92 Å². The second-order valence-corrected chi connectivity index (χ2v) is 3.81. The predicted molar refractivity (Wildman–Crippen MR) is 62.5 cm³/mol. The van der Waals surface area contributed by atoms with Crippen LogP contribution < -0.4 is 0 Å². The fourth-order valence-corrected chi connectivity index (χ4v) is 1.82. The Morgan fingerprint density at radius 2 is 2.19 bits per heavy atom. The van der Waals surface area contributed by atoms with Gasteiger partial charge in [0.1, 0.15) is 11.3 Å². The molecule has 1 aromatic heterocycles. The van der Waals surface area contributed by atoms with Gasteiger partial charge in [0, 0.05) is 5.39 Å². The number of benzene rings is 1. The van der Waals surface area contributed by atoms with Crippen LogP contribution in [0.25, 0.3) is 10.9 Å². The third kappa shape index (κ3) is 1.67. The summed E-state index contributed by atoms with van der Waals surface area (Å²) in [6, 6.07) is 5.06. The maximum atomic E-state index is 9.85. The molecule has 4 nitrogen and oxygen atoms in total. The van der Waals surface area contributed by atoms with E-state index in [1.165, 1.54) is 6.21 Å². The minimum Gasteiger partial charge on any atom is -0.505 e. The number of hydrogen-bond donors (Lipinski definition) is 2. The van der Waals surface area contributed by atoms with Gasteiger partial charge in [-0.2, -0.15) is 0 Å². The summed E-state index contributed by atoms with van der Waals surface area (Å²) in [6.07, 6.45) is 1.19. The summed E-state index contributed by atoms with van der Waals surface area (Å²) in [5.74, 6) is 0.0904. The summed E-state index contributed by atoms with van der Waals surface area (Å²) in [7, 11) is 0. The van der Waals surface area contributed by atoms with Crippen molar-refractivity contribution < 1.29 is 10.3 Å². The fraction of sp³-hybridized carbons (Fsp3) is 0.0909. The zero-order chi connectivity index (χ0) is 11.7. The van der Waals surface area contributed by atoms with Gasteiger partial charge in [0.05, 0.1) is 16.9 Å². The number of pyridine rings is 1. The van der Waals surface area contributed by atoms with Crippen molar-refractivity contribution in [3.63, 3.8) is 0 Å². The largest absolute Gasteiger partial charge is 0.505 e. The van der Waals surface area contributed by atoms with E-state index in [-0.39, 0.29) is 5.75 Å². The van der Waals surface area contributed by atoms with Crippen molar-refractivity contribution >= 4 is 28.7 Å². The van der Waals surface area contributed by atoms with Gasteiger partial charge >= 0.3 is 0 Å². The first-order valence-corrected chi connectivity index (χ1v) is 4.97. The molecule has 0 bridgehead atoms. The van der Waals surface area contributed by atoms with E-state index in [4.69, 9.17) is 16.8 Å². The van der Waals surface area contributed by atoms with E-state index in [2.05, 4.69) is 10.1 Å². The van der Waals surface area contributed by atoms with Gasteiger partial charge in [0.15, 0.2) is 0 Å². The summed E-state index contributed by atoms with van der Waals surface area (Å²) in [5, 5.41) is 22.3. The van der Waals surface area contributed by atoms with Gasteiger partial charge < -0.3 is 10.3 Å². The maximum absolute atomic E-state index is 9.85. The van der Waals surface area contributed by atoms with Crippen molar-refractivity contribution in [1.82, 2.24) is 4.98 Å². The lowest BCUT2D eigenvalue weighted by Crippen LogP contribution is -1.90. The molecule has 0 aliphatic heterocycles. The van der Waals surface area contributed by atoms with Crippen molar-refractivity contribution in [1.29, 1.82) is 0 Å². The van der Waals surface area contributed by atoms with Gasteiger partial charge in [0.2, 0.25) is 0 Å². The maximum Gasteiger partial charge on any atom is 0.144 e. The second-order valence-electron chi connectivity index (χ2n) is 3.40. The van der Waals surface area contributed by atoms with Crippen LogP contribution in [-0.4, -0.2) is 21.5 Å². The number of phenolic OH excluding ortho intramolecular Hbond substituents is 1. The van der Waals surface area contributed by atoms with Crippen LogP contribution >= 0.6 is 11.6 Å². The Bertz CT molecular complexity index is 582. The summed E-state index contributed by atoms with van der Waals surface area (Å²) in [5.41, 5.74) is 1.51. The quantitative estimate of drug-likeness (QED) is 0.455. The minimum absolute atomic E-state index is 0.0904. The molecule has 0 saturated heterocycles. The van der Waals surface area contributed by atoms with E-state index < -0.39 is 0 Å². The van der Waals surface area contributed by atoms with Crippen molar-refractivity contribution in [2.24, 2.45) is 5.16 Å². The average Bonchev–Trinajstić information content (AvgIpc) is 2.26. The molecule has 2 aromatic rings. The number of nitrogens with zero attached hydrogens (tertiary/aromatic N) is 2. The van der Waals surface area contributed by atoms with Crippen LogP contribution in [0.5, 0.6) is 5.75 Å². The standard InChI is InChI=1S/C11H9ClN2O2/c1-6-4-9(12)8-3-2-7(5-13-16)14-10(8)11(6)15/h2-5,15-16H,1H3/b13-5+. The van der Waals surface area contributed by atoms with Gasteiger partial charge in [-0.3, -0.25) is 0 Å². The molecule has 2 N–H and O–H groups in total. The number of aromatic hydroxyl groups is 1. The zero-order valence-corrected chi connectivity index (χ0v) is 9.23. The Hall–Kier alpha value is -1.81. The van der Waals surface area contributed by atoms with Gasteiger partial charge in [-0.25, -0.2) is 4.98 Å². The summed E-state index contributed by atoms with van der Waals surface area (Å²) < 4.78 is 0. The van der Waals surface area contributed by atoms with Crippen LogP contribution in [0.3, 0.4) is 0 Å². The molecule has 82 valence electrons. The van der Waals surface area contributed by atoms with Gasteiger partial charge in [-0.15, -0.1) is 0 Å². The Morgan fingerprint density at radius 3 is 2.88 bits per heavy atom. The topological polar surface area (TPSA) is 65.7 Å². The van der Waals surface area contributed by atoms with Crippen LogP contribution in [0.2, 0.25) is 5.02 Å². The van der Waals surface area contributed by atoms with E-state index in [0.717, 1.165) is 0 Å². The summed E-state index contributed by atoms with van der Waals surface area (Å²) in [4.78, 5) is 4.14. The van der Waals surface area contributed by atoms with Crippen molar-refractivity contribution in [3.05, 3.63) is 34.5 Å². The molecule has 1 heterocycles. The molecule has 0 amide bonds. The SMILES string of the molecule is Cc1cc(Cl)c2ccc(/C=N/O)nc2c1O. The Labute approximate surface area is 96.8 Å². The van der Waals surface area contributed by atoms with Gasteiger partial charge in [0.25, 0.3) is 0 Å². The molecule has 16 heavy (non-hydrogen) atoms. The lowest BCUT2D eigenvalue weighted by Gasteiger charge is -2.06. The molecule has 0 saturated carbocycles. The molecule has 0 aliphatic carbocycles. The third-order valence-electron chi connectivity index (χ3n) is 2.31. The molecule has 1 aromatic carbocycles. The molecule has 0 fully saturated rings. The van der Waals surface area contributed by atoms with Crippen molar-refractivity contribution in [3.8, 4) is 5.75 Å². The van der Waals surface area contributed by atoms with Crippen LogP contribution in [0.1, 0.15) is 11.3 Å². The third-order valence-corrected chi connectivity index (χ3v) is 2.62. The molecular weight excluding hydrogens is 228 g/mol. The first kappa shape index (κ1) is 10.7. The average molecular weight is 237 g/mol. The number of hydrogen-bond acceptors (Lipinski definition) is 4. The lowest BCUT2D eigenvalue weighted by molar-refractivity contribution is 0.321. The minimum atomic E-state index is 0.0904. The first-order chi connectivity index (χ1) is 7.63. The highest BCUT2D eigenvalue weighted by molar-refractivity contribution is 6.35. The highest BCUT2D eigenvalue weighted by Gasteiger charge is 2.09. The number of aromatic nitrogens is 1. The summed E-state index contributed by atoms with van der Waals surface area (Å²) in [6.45, 7) is 1.75. The Kier molecular flexibility index (Phi) is 2.66. The number of oxime groups is 1. The molecular formula is C11H9ClN2O2. The van der Waals surface area contributed by atoms with E-state index >= 15 is 0 Å². The van der Waals surface area contributed by atoms with Crippen LogP contribution in [0.15, 0.2) is 23.4 Å². The molecule has 0 atom stereocenters. The Balaban J connectivity index is 2.81. The number of phenols is 1. The van der Waals surface area contributed by atoms with E-state index in [9.17, 15) is 5.11 Å². The first-order valence-electron chi connectivity index (χ1n) is 4.59. The molecule has 0 radical (unpaired) electrons. The van der Waals surface area contributed by atoms with Crippen molar-refractivity contribution in [2.75, 3.05) is 0 Å². The Morgan fingerprint density at radius 1 is 1.44 bits per heavy atom. The van der Waals surface area contributed by atoms with Gasteiger partial charge in [-0.1, -0.05) is 16.8 Å². The van der Waals surface area contributed by atoms with Crippen LogP contribution in [0.4, 0.5) is 0 Å². The van der Waals surface area contributed by atoms with Gasteiger partial charge in [-0.05, 0) is 30.7 Å². The molecule has 0 aliphatic rings. The smallest absolute Gasteiger partial charge is 0.144 e. The van der Waals surface area contributed by atoms with E-state index in [1.807, 2.05) is 0 Å². The highest BCUT2D eigenvalue weighted by atomic mass is 35.5. The number of rotatable bonds is 1. The number of halogens is 1. The normalized spacial score (nSPS) is 11.4. The molecule has 5 heteroatoms. The lowest BCUT2D eigenvalue weighted by atomic mass is 10.1.